The molecule has 1 heterocycles. The Morgan fingerprint density at radius 3 is 2.16 bits per heavy atom. The van der Waals surface area contributed by atoms with Gasteiger partial charge in [0, 0.05) is 14.1 Å². The van der Waals surface area contributed by atoms with Crippen molar-refractivity contribution in [3.8, 4) is 5.75 Å². The van der Waals surface area contributed by atoms with Crippen LogP contribution in [0.4, 0.5) is 4.79 Å². The molecule has 172 valence electrons. The average molecular weight is 460 g/mol. The van der Waals surface area contributed by atoms with Crippen LogP contribution < -0.4 is 10.1 Å². The van der Waals surface area contributed by atoms with Gasteiger partial charge in [-0.15, -0.1) is 0 Å². The molecule has 9 heteroatoms. The molecular formula is C23H29N3O5S. The van der Waals surface area contributed by atoms with Gasteiger partial charge in [0.05, 0.1) is 11.4 Å². The van der Waals surface area contributed by atoms with Crippen molar-refractivity contribution in [3.63, 3.8) is 0 Å². The van der Waals surface area contributed by atoms with Gasteiger partial charge in [0.1, 0.15) is 17.9 Å². The maximum Gasteiger partial charge on any atom is 0.325 e. The van der Waals surface area contributed by atoms with Crippen LogP contribution in [0.1, 0.15) is 37.8 Å². The van der Waals surface area contributed by atoms with Crippen LogP contribution in [-0.4, -0.2) is 56.8 Å². The summed E-state index contributed by atoms with van der Waals surface area (Å²) < 4.78 is 31.0. The van der Waals surface area contributed by atoms with Crippen LogP contribution in [0.15, 0.2) is 53.4 Å². The fraction of sp³-hybridized carbons (Fsp3) is 0.391. The molecule has 0 radical (unpaired) electrons. The van der Waals surface area contributed by atoms with Crippen molar-refractivity contribution in [2.24, 2.45) is 0 Å². The Morgan fingerprint density at radius 2 is 1.62 bits per heavy atom. The van der Waals surface area contributed by atoms with Crippen molar-refractivity contribution in [3.05, 3.63) is 59.7 Å². The summed E-state index contributed by atoms with van der Waals surface area (Å²) >= 11 is 0. The first kappa shape index (κ1) is 23.7. The molecule has 0 bridgehead atoms. The summed E-state index contributed by atoms with van der Waals surface area (Å²) in [4.78, 5) is 26.8. The fourth-order valence-electron chi connectivity index (χ4n) is 3.47. The van der Waals surface area contributed by atoms with Gasteiger partial charge in [-0.25, -0.2) is 17.5 Å². The van der Waals surface area contributed by atoms with E-state index in [1.165, 1.54) is 26.2 Å². The molecule has 3 amide bonds. The summed E-state index contributed by atoms with van der Waals surface area (Å²) in [5, 5.41) is 2.79. The molecule has 0 spiro atoms. The number of amides is 3. The topological polar surface area (TPSA) is 96.0 Å². The summed E-state index contributed by atoms with van der Waals surface area (Å²) in [6, 6.07) is 13.2. The largest absolute Gasteiger partial charge is 0.492 e. The first-order valence-electron chi connectivity index (χ1n) is 10.4. The van der Waals surface area contributed by atoms with Crippen molar-refractivity contribution < 1.29 is 22.7 Å². The van der Waals surface area contributed by atoms with Gasteiger partial charge in [0.15, 0.2) is 0 Å². The zero-order valence-corrected chi connectivity index (χ0v) is 19.8. The highest BCUT2D eigenvalue weighted by Crippen LogP contribution is 2.30. The molecule has 1 aliphatic rings. The van der Waals surface area contributed by atoms with Gasteiger partial charge in [-0.1, -0.05) is 38.1 Å². The summed E-state index contributed by atoms with van der Waals surface area (Å²) in [7, 11) is -0.592. The Bertz CT molecular complexity index is 1100. The normalized spacial score (nSPS) is 19.0. The van der Waals surface area contributed by atoms with E-state index in [0.717, 1.165) is 20.3 Å². The number of hydrogen-bond donors (Lipinski definition) is 1. The minimum absolute atomic E-state index is 0.0715. The third-order valence-electron chi connectivity index (χ3n) is 5.62. The second-order valence-electron chi connectivity index (χ2n) is 8.40. The quantitative estimate of drug-likeness (QED) is 0.613. The summed E-state index contributed by atoms with van der Waals surface area (Å²) in [6.45, 7) is 6.04. The Morgan fingerprint density at radius 1 is 1.03 bits per heavy atom. The minimum Gasteiger partial charge on any atom is -0.492 e. The molecule has 0 aromatic heterocycles. The first-order valence-corrected chi connectivity index (χ1v) is 11.8. The number of hydrogen-bond acceptors (Lipinski definition) is 5. The van der Waals surface area contributed by atoms with Gasteiger partial charge >= 0.3 is 6.03 Å². The predicted molar refractivity (Wildman–Crippen MR) is 121 cm³/mol. The van der Waals surface area contributed by atoms with Crippen LogP contribution in [0.2, 0.25) is 0 Å². The molecule has 2 aromatic rings. The van der Waals surface area contributed by atoms with Crippen LogP contribution >= 0.6 is 0 Å². The molecule has 32 heavy (non-hydrogen) atoms. The minimum atomic E-state index is -3.52. The number of ether oxygens (including phenoxy) is 1. The smallest absolute Gasteiger partial charge is 0.325 e. The van der Waals surface area contributed by atoms with E-state index in [9.17, 15) is 18.0 Å². The SMILES string of the molecule is CC(C)c1ccc(C2(C)NC(=O)N(CCOc3ccc(S(=O)(=O)N(C)C)cc3)C2=O)cc1. The fourth-order valence-corrected chi connectivity index (χ4v) is 4.37. The standard InChI is InChI=1S/C23H29N3O5S/c1-16(2)17-6-8-18(9-7-17)23(3)21(27)26(22(28)24-23)14-15-31-19-10-12-20(13-11-19)32(29,30)25(4)5/h6-13,16H,14-15H2,1-5H3,(H,24,28). The molecule has 1 atom stereocenters. The van der Waals surface area contributed by atoms with Gasteiger partial charge in [-0.05, 0) is 48.2 Å². The summed E-state index contributed by atoms with van der Waals surface area (Å²) in [5.41, 5.74) is 0.750. The third-order valence-corrected chi connectivity index (χ3v) is 7.44. The summed E-state index contributed by atoms with van der Waals surface area (Å²) in [5.74, 6) is 0.481. The van der Waals surface area contributed by atoms with E-state index in [2.05, 4.69) is 19.2 Å². The lowest BCUT2D eigenvalue weighted by Crippen LogP contribution is -2.41. The van der Waals surface area contributed by atoms with Gasteiger partial charge in [-0.3, -0.25) is 9.69 Å². The number of urea groups is 1. The molecular weight excluding hydrogens is 430 g/mol. The third kappa shape index (κ3) is 4.49. The second-order valence-corrected chi connectivity index (χ2v) is 10.5. The number of rotatable bonds is 8. The number of carbonyl (C=O) groups is 2. The number of benzene rings is 2. The molecule has 1 fully saturated rings. The zero-order chi connectivity index (χ0) is 23.7. The maximum absolute atomic E-state index is 13.0. The average Bonchev–Trinajstić information content (AvgIpc) is 2.98. The zero-order valence-electron chi connectivity index (χ0n) is 19.0. The molecule has 0 saturated carbocycles. The van der Waals surface area contributed by atoms with E-state index in [1.54, 1.807) is 19.1 Å². The predicted octanol–water partition coefficient (Wildman–Crippen LogP) is 2.91. The highest BCUT2D eigenvalue weighted by Gasteiger charge is 2.48. The van der Waals surface area contributed by atoms with Crippen molar-refractivity contribution >= 4 is 22.0 Å². The Hall–Kier alpha value is -2.91. The van der Waals surface area contributed by atoms with Crippen LogP contribution in [0.25, 0.3) is 0 Å². The van der Waals surface area contributed by atoms with E-state index in [0.29, 0.717) is 11.7 Å². The van der Waals surface area contributed by atoms with Gasteiger partial charge in [0.25, 0.3) is 5.91 Å². The number of nitrogens with one attached hydrogen (secondary N) is 1. The molecule has 3 rings (SSSR count). The maximum atomic E-state index is 13.0. The van der Waals surface area contributed by atoms with Crippen LogP contribution in [0.5, 0.6) is 5.75 Å². The molecule has 8 nitrogen and oxygen atoms in total. The van der Waals surface area contributed by atoms with Crippen molar-refractivity contribution in [2.45, 2.75) is 37.1 Å². The lowest BCUT2D eigenvalue weighted by molar-refractivity contribution is -0.131. The van der Waals surface area contributed by atoms with E-state index in [-0.39, 0.29) is 24.0 Å². The number of nitrogens with zero attached hydrogens (tertiary/aromatic N) is 2. The lowest BCUT2D eigenvalue weighted by Gasteiger charge is -2.23. The van der Waals surface area contributed by atoms with Crippen molar-refractivity contribution in [1.29, 1.82) is 0 Å². The number of carbonyl (C=O) groups excluding carboxylic acids is 2. The van der Waals surface area contributed by atoms with Gasteiger partial charge in [0.2, 0.25) is 10.0 Å². The van der Waals surface area contributed by atoms with Crippen molar-refractivity contribution in [2.75, 3.05) is 27.2 Å². The van der Waals surface area contributed by atoms with E-state index in [4.69, 9.17) is 4.74 Å². The molecule has 0 aliphatic carbocycles. The monoisotopic (exact) mass is 459 g/mol. The highest BCUT2D eigenvalue weighted by atomic mass is 32.2. The lowest BCUT2D eigenvalue weighted by atomic mass is 9.90. The van der Waals surface area contributed by atoms with E-state index in [1.807, 2.05) is 24.3 Å². The molecule has 1 unspecified atom stereocenters. The summed E-state index contributed by atoms with van der Waals surface area (Å²) in [6.07, 6.45) is 0. The van der Waals surface area contributed by atoms with Crippen LogP contribution in [-0.2, 0) is 20.4 Å². The van der Waals surface area contributed by atoms with E-state index < -0.39 is 21.6 Å². The first-order chi connectivity index (χ1) is 15.0. The van der Waals surface area contributed by atoms with E-state index >= 15 is 0 Å². The van der Waals surface area contributed by atoms with Crippen LogP contribution in [0, 0.1) is 0 Å². The van der Waals surface area contributed by atoms with Crippen molar-refractivity contribution in [1.82, 2.24) is 14.5 Å². The van der Waals surface area contributed by atoms with Gasteiger partial charge in [-0.2, -0.15) is 0 Å². The number of imide groups is 1. The van der Waals surface area contributed by atoms with Gasteiger partial charge < -0.3 is 10.1 Å². The molecule has 1 N–H and O–H groups in total. The Balaban J connectivity index is 1.64. The van der Waals surface area contributed by atoms with Crippen LogP contribution in [0.3, 0.4) is 0 Å². The second kappa shape index (κ2) is 8.91. The highest BCUT2D eigenvalue weighted by molar-refractivity contribution is 7.89. The number of sulfonamides is 1. The Labute approximate surface area is 189 Å². The molecule has 1 saturated heterocycles. The molecule has 1 aliphatic heterocycles. The molecule has 2 aromatic carbocycles. The Kier molecular flexibility index (Phi) is 6.61.